The van der Waals surface area contributed by atoms with E-state index in [1.165, 1.54) is 0 Å². The Morgan fingerprint density at radius 3 is 3.00 bits per heavy atom. The Hall–Kier alpha value is -0.910. The van der Waals surface area contributed by atoms with Gasteiger partial charge in [-0.3, -0.25) is 0 Å². The average Bonchev–Trinajstić information content (AvgIpc) is 2.77. The van der Waals surface area contributed by atoms with Crippen LogP contribution >= 0.6 is 22.9 Å². The number of rotatable bonds is 5. The third-order valence-corrected chi connectivity index (χ3v) is 3.50. The maximum atomic E-state index is 5.94. The summed E-state index contributed by atoms with van der Waals surface area (Å²) in [7, 11) is 1.70. The molecule has 0 saturated carbocycles. The number of nitrogens with zero attached hydrogens (tertiary/aromatic N) is 3. The van der Waals surface area contributed by atoms with E-state index in [1.54, 1.807) is 18.4 Å². The third kappa shape index (κ3) is 2.68. The number of thiophene rings is 1. The fourth-order valence-corrected chi connectivity index (χ4v) is 2.64. The van der Waals surface area contributed by atoms with Crippen LogP contribution in [0.2, 0.25) is 5.28 Å². The molecule has 0 atom stereocenters. The number of hydrogen-bond acceptors (Lipinski definition) is 5. The van der Waals surface area contributed by atoms with Crippen LogP contribution in [0.25, 0.3) is 10.2 Å². The standard InChI is InChI=1S/C11H14ClN3OS/c1-3-15(5-6-16-2)9-8-4-7-17-10(8)14-11(12)13-9/h4,7H,3,5-6H2,1-2H3. The van der Waals surface area contributed by atoms with Crippen LogP contribution < -0.4 is 4.90 Å². The van der Waals surface area contributed by atoms with Gasteiger partial charge in [0.05, 0.1) is 12.0 Å². The van der Waals surface area contributed by atoms with E-state index >= 15 is 0 Å². The molecule has 0 fully saturated rings. The van der Waals surface area contributed by atoms with Crippen molar-refractivity contribution in [2.24, 2.45) is 0 Å². The summed E-state index contributed by atoms with van der Waals surface area (Å²) in [6.45, 7) is 4.41. The van der Waals surface area contributed by atoms with Crippen molar-refractivity contribution >= 4 is 39.0 Å². The molecule has 17 heavy (non-hydrogen) atoms. The van der Waals surface area contributed by atoms with Crippen LogP contribution in [-0.4, -0.2) is 36.8 Å². The van der Waals surface area contributed by atoms with Crippen LogP contribution in [0.4, 0.5) is 5.82 Å². The fourth-order valence-electron chi connectivity index (χ4n) is 1.67. The highest BCUT2D eigenvalue weighted by Crippen LogP contribution is 2.28. The molecular weight excluding hydrogens is 258 g/mol. The van der Waals surface area contributed by atoms with E-state index in [9.17, 15) is 0 Å². The lowest BCUT2D eigenvalue weighted by Crippen LogP contribution is -2.27. The predicted octanol–water partition coefficient (Wildman–Crippen LogP) is 2.82. The minimum atomic E-state index is 0.297. The van der Waals surface area contributed by atoms with E-state index in [0.29, 0.717) is 11.9 Å². The van der Waals surface area contributed by atoms with Crippen molar-refractivity contribution in [3.8, 4) is 0 Å². The van der Waals surface area contributed by atoms with Gasteiger partial charge in [0.1, 0.15) is 10.6 Å². The van der Waals surface area contributed by atoms with Gasteiger partial charge in [-0.2, -0.15) is 4.98 Å². The lowest BCUT2D eigenvalue weighted by atomic mass is 10.3. The van der Waals surface area contributed by atoms with E-state index in [1.807, 2.05) is 11.4 Å². The largest absolute Gasteiger partial charge is 0.383 e. The minimum Gasteiger partial charge on any atom is -0.383 e. The molecule has 2 aromatic rings. The molecule has 0 aliphatic heterocycles. The summed E-state index contributed by atoms with van der Waals surface area (Å²) in [4.78, 5) is 11.6. The Kier molecular flexibility index (Phi) is 4.15. The van der Waals surface area contributed by atoms with Gasteiger partial charge in [0.2, 0.25) is 5.28 Å². The van der Waals surface area contributed by atoms with Crippen LogP contribution in [0.5, 0.6) is 0 Å². The summed E-state index contributed by atoms with van der Waals surface area (Å²) in [5, 5.41) is 3.35. The second-order valence-electron chi connectivity index (χ2n) is 3.53. The first-order valence-corrected chi connectivity index (χ1v) is 6.66. The molecule has 0 N–H and O–H groups in total. The average molecular weight is 272 g/mol. The minimum absolute atomic E-state index is 0.297. The smallest absolute Gasteiger partial charge is 0.225 e. The van der Waals surface area contributed by atoms with E-state index in [2.05, 4.69) is 21.8 Å². The molecule has 4 nitrogen and oxygen atoms in total. The zero-order valence-corrected chi connectivity index (χ0v) is 11.4. The quantitative estimate of drug-likeness (QED) is 0.784. The first-order valence-electron chi connectivity index (χ1n) is 5.41. The molecule has 2 aromatic heterocycles. The molecule has 0 bridgehead atoms. The Balaban J connectivity index is 2.40. The molecule has 2 rings (SSSR count). The lowest BCUT2D eigenvalue weighted by molar-refractivity contribution is 0.205. The summed E-state index contributed by atoms with van der Waals surface area (Å²) in [6.07, 6.45) is 0. The second-order valence-corrected chi connectivity index (χ2v) is 4.76. The summed E-state index contributed by atoms with van der Waals surface area (Å²) in [6, 6.07) is 2.03. The topological polar surface area (TPSA) is 38.2 Å². The molecule has 0 unspecified atom stereocenters. The van der Waals surface area contributed by atoms with E-state index in [-0.39, 0.29) is 0 Å². The van der Waals surface area contributed by atoms with Crippen LogP contribution in [0.1, 0.15) is 6.92 Å². The second kappa shape index (κ2) is 5.62. The number of ether oxygens (including phenoxy) is 1. The summed E-state index contributed by atoms with van der Waals surface area (Å²) in [5.74, 6) is 0.890. The molecule has 6 heteroatoms. The van der Waals surface area contributed by atoms with E-state index in [4.69, 9.17) is 16.3 Å². The van der Waals surface area contributed by atoms with Gasteiger partial charge in [-0.05, 0) is 30.0 Å². The molecule has 2 heterocycles. The van der Waals surface area contributed by atoms with Gasteiger partial charge >= 0.3 is 0 Å². The van der Waals surface area contributed by atoms with Crippen LogP contribution in [0.15, 0.2) is 11.4 Å². The number of hydrogen-bond donors (Lipinski definition) is 0. The maximum absolute atomic E-state index is 5.94. The van der Waals surface area contributed by atoms with E-state index in [0.717, 1.165) is 29.1 Å². The highest BCUT2D eigenvalue weighted by molar-refractivity contribution is 7.16. The van der Waals surface area contributed by atoms with Crippen molar-refractivity contribution in [3.05, 3.63) is 16.7 Å². The van der Waals surface area contributed by atoms with Gasteiger partial charge in [0, 0.05) is 20.2 Å². The number of aromatic nitrogens is 2. The molecule has 0 radical (unpaired) electrons. The van der Waals surface area contributed by atoms with Crippen molar-refractivity contribution in [2.75, 3.05) is 31.7 Å². The number of halogens is 1. The molecule has 0 spiro atoms. The van der Waals surface area contributed by atoms with Gasteiger partial charge in [-0.15, -0.1) is 11.3 Å². The van der Waals surface area contributed by atoms with Gasteiger partial charge in [0.15, 0.2) is 0 Å². The van der Waals surface area contributed by atoms with Crippen molar-refractivity contribution < 1.29 is 4.74 Å². The Morgan fingerprint density at radius 1 is 1.47 bits per heavy atom. The normalized spacial score (nSPS) is 11.0. The SMILES string of the molecule is CCN(CCOC)c1nc(Cl)nc2sccc12. The Morgan fingerprint density at radius 2 is 2.29 bits per heavy atom. The molecule has 0 aliphatic carbocycles. The third-order valence-electron chi connectivity index (χ3n) is 2.52. The number of likely N-dealkylation sites (N-methyl/N-ethyl adjacent to an activating group) is 1. The highest BCUT2D eigenvalue weighted by atomic mass is 35.5. The van der Waals surface area contributed by atoms with Gasteiger partial charge in [0.25, 0.3) is 0 Å². The first-order chi connectivity index (χ1) is 8.26. The van der Waals surface area contributed by atoms with E-state index < -0.39 is 0 Å². The van der Waals surface area contributed by atoms with Crippen LogP contribution in [0.3, 0.4) is 0 Å². The fraction of sp³-hybridized carbons (Fsp3) is 0.455. The zero-order valence-electron chi connectivity index (χ0n) is 9.81. The molecule has 0 saturated heterocycles. The van der Waals surface area contributed by atoms with Crippen LogP contribution in [-0.2, 0) is 4.74 Å². The van der Waals surface area contributed by atoms with Crippen molar-refractivity contribution in [1.29, 1.82) is 0 Å². The molecule has 92 valence electrons. The van der Waals surface area contributed by atoms with Gasteiger partial charge in [-0.25, -0.2) is 4.98 Å². The Bertz CT molecular complexity index is 502. The zero-order chi connectivity index (χ0) is 12.3. The van der Waals surface area contributed by atoms with Crippen LogP contribution in [0, 0.1) is 0 Å². The molecule has 0 aromatic carbocycles. The predicted molar refractivity (Wildman–Crippen MR) is 72.2 cm³/mol. The molecule has 0 amide bonds. The summed E-state index contributed by atoms with van der Waals surface area (Å²) < 4.78 is 5.10. The monoisotopic (exact) mass is 271 g/mol. The summed E-state index contributed by atoms with van der Waals surface area (Å²) >= 11 is 7.52. The van der Waals surface area contributed by atoms with Crippen molar-refractivity contribution in [3.63, 3.8) is 0 Å². The maximum Gasteiger partial charge on any atom is 0.225 e. The van der Waals surface area contributed by atoms with Crippen molar-refractivity contribution in [2.45, 2.75) is 6.92 Å². The lowest BCUT2D eigenvalue weighted by Gasteiger charge is -2.22. The van der Waals surface area contributed by atoms with Crippen molar-refractivity contribution in [1.82, 2.24) is 9.97 Å². The number of methoxy groups -OCH3 is 1. The Labute approximate surface area is 109 Å². The number of anilines is 1. The first kappa shape index (κ1) is 12.5. The summed E-state index contributed by atoms with van der Waals surface area (Å²) in [5.41, 5.74) is 0. The molecule has 0 aliphatic rings. The number of fused-ring (bicyclic) bond motifs is 1. The van der Waals surface area contributed by atoms with Gasteiger partial charge in [-0.1, -0.05) is 0 Å². The molecular formula is C11H14ClN3OS. The highest BCUT2D eigenvalue weighted by Gasteiger charge is 2.13. The van der Waals surface area contributed by atoms with Gasteiger partial charge < -0.3 is 9.64 Å².